The summed E-state index contributed by atoms with van der Waals surface area (Å²) in [7, 11) is 0. The quantitative estimate of drug-likeness (QED) is 0.660. The number of hydrogen-bond donors (Lipinski definition) is 0. The van der Waals surface area contributed by atoms with E-state index < -0.39 is 0 Å². The molecule has 1 aliphatic rings. The maximum absolute atomic E-state index is 13.1. The van der Waals surface area contributed by atoms with Crippen LogP contribution in [-0.4, -0.2) is 35.3 Å². The van der Waals surface area contributed by atoms with Gasteiger partial charge in [-0.05, 0) is 44.4 Å². The van der Waals surface area contributed by atoms with Gasteiger partial charge in [-0.1, -0.05) is 28.1 Å². The van der Waals surface area contributed by atoms with Gasteiger partial charge in [0.15, 0.2) is 10.8 Å². The summed E-state index contributed by atoms with van der Waals surface area (Å²) in [5, 5.41) is 5.15. The van der Waals surface area contributed by atoms with E-state index in [0.29, 0.717) is 22.5 Å². The maximum Gasteiger partial charge on any atom is 0.282 e. The number of thiazole rings is 1. The van der Waals surface area contributed by atoms with Gasteiger partial charge in [-0.2, -0.15) is 0 Å². The van der Waals surface area contributed by atoms with E-state index in [1.165, 1.54) is 11.3 Å². The van der Waals surface area contributed by atoms with Gasteiger partial charge in [0.25, 0.3) is 5.91 Å². The van der Waals surface area contributed by atoms with E-state index in [1.807, 2.05) is 19.1 Å². The van der Waals surface area contributed by atoms with E-state index >= 15 is 0 Å². The van der Waals surface area contributed by atoms with Crippen molar-refractivity contribution in [2.75, 3.05) is 18.1 Å². The molecule has 0 aliphatic carbocycles. The van der Waals surface area contributed by atoms with Crippen LogP contribution in [0.4, 0.5) is 5.13 Å². The molecule has 3 heterocycles. The van der Waals surface area contributed by atoms with Crippen molar-refractivity contribution in [1.29, 1.82) is 0 Å². The number of ether oxygens (including phenoxy) is 1. The molecule has 2 aromatic heterocycles. The molecule has 0 saturated carbocycles. The lowest BCUT2D eigenvalue weighted by atomic mass is 10.2. The Labute approximate surface area is 159 Å². The molecule has 0 radical (unpaired) electrons. The molecule has 1 aromatic carbocycles. The summed E-state index contributed by atoms with van der Waals surface area (Å²) in [6, 6.07) is 5.39. The molecule has 8 heteroatoms. The number of rotatable bonds is 4. The first-order valence-electron chi connectivity index (χ1n) is 8.45. The summed E-state index contributed by atoms with van der Waals surface area (Å²) < 4.78 is 11.8. The molecule has 1 saturated heterocycles. The van der Waals surface area contributed by atoms with Gasteiger partial charge in [0.1, 0.15) is 5.76 Å². The molecule has 1 amide bonds. The Bertz CT molecular complexity index is 962. The van der Waals surface area contributed by atoms with Crippen LogP contribution in [0.15, 0.2) is 22.7 Å². The summed E-state index contributed by atoms with van der Waals surface area (Å²) in [5.41, 5.74) is 2.11. The lowest BCUT2D eigenvalue weighted by Gasteiger charge is -2.21. The Balaban J connectivity index is 1.74. The number of aryl methyl sites for hydroxylation is 2. The summed E-state index contributed by atoms with van der Waals surface area (Å²) in [6.07, 6.45) is 1.94. The largest absolute Gasteiger partial charge is 0.376 e. The molecule has 0 bridgehead atoms. The normalized spacial score (nSPS) is 17.1. The zero-order valence-electron chi connectivity index (χ0n) is 14.5. The average molecular weight is 392 g/mol. The molecular weight excluding hydrogens is 374 g/mol. The molecule has 4 rings (SSSR count). The summed E-state index contributed by atoms with van der Waals surface area (Å²) in [4.78, 5) is 19.4. The first-order chi connectivity index (χ1) is 12.5. The van der Waals surface area contributed by atoms with Crippen molar-refractivity contribution in [3.8, 4) is 0 Å². The molecule has 136 valence electrons. The van der Waals surface area contributed by atoms with Crippen molar-refractivity contribution in [2.24, 2.45) is 0 Å². The van der Waals surface area contributed by atoms with Gasteiger partial charge in [0.2, 0.25) is 0 Å². The third-order valence-corrected chi connectivity index (χ3v) is 5.62. The highest BCUT2D eigenvalue weighted by atomic mass is 35.5. The number of amides is 1. The van der Waals surface area contributed by atoms with Crippen molar-refractivity contribution in [1.82, 2.24) is 10.1 Å². The highest BCUT2D eigenvalue weighted by Crippen LogP contribution is 2.34. The third kappa shape index (κ3) is 3.34. The first-order valence-corrected chi connectivity index (χ1v) is 9.64. The average Bonchev–Trinajstić information content (AvgIpc) is 3.32. The Kier molecular flexibility index (Phi) is 4.69. The number of anilines is 1. The standard InChI is InChI=1S/C18H18ClN3O3S/c1-10-6-12(19)8-15-16(10)20-18(26-15)22(9-13-4-3-5-24-13)17(23)14-7-11(2)25-21-14/h6-8,13H,3-5,9H2,1-2H3. The molecule has 3 aromatic rings. The number of hydrogen-bond acceptors (Lipinski definition) is 6. The number of fused-ring (bicyclic) bond motifs is 1. The van der Waals surface area contributed by atoms with Gasteiger partial charge < -0.3 is 9.26 Å². The van der Waals surface area contributed by atoms with E-state index in [2.05, 4.69) is 5.16 Å². The van der Waals surface area contributed by atoms with Crippen molar-refractivity contribution in [3.05, 3.63) is 40.2 Å². The van der Waals surface area contributed by atoms with Crippen LogP contribution in [0.3, 0.4) is 0 Å². The second kappa shape index (κ2) is 6.98. The van der Waals surface area contributed by atoms with Crippen molar-refractivity contribution in [2.45, 2.75) is 32.8 Å². The van der Waals surface area contributed by atoms with E-state index in [4.69, 9.17) is 25.8 Å². The van der Waals surface area contributed by atoms with E-state index in [-0.39, 0.29) is 17.7 Å². The van der Waals surface area contributed by atoms with Gasteiger partial charge in [-0.25, -0.2) is 4.98 Å². The fourth-order valence-corrected chi connectivity index (χ4v) is 4.53. The minimum atomic E-state index is -0.236. The van der Waals surface area contributed by atoms with Crippen molar-refractivity contribution in [3.63, 3.8) is 0 Å². The van der Waals surface area contributed by atoms with Crippen LogP contribution >= 0.6 is 22.9 Å². The minimum absolute atomic E-state index is 0.00338. The number of benzene rings is 1. The van der Waals surface area contributed by atoms with Gasteiger partial charge in [-0.3, -0.25) is 9.69 Å². The number of halogens is 1. The maximum atomic E-state index is 13.1. The Morgan fingerprint density at radius 3 is 2.92 bits per heavy atom. The van der Waals surface area contributed by atoms with Crippen LogP contribution in [0, 0.1) is 13.8 Å². The van der Waals surface area contributed by atoms with Gasteiger partial charge in [0, 0.05) is 17.7 Å². The van der Waals surface area contributed by atoms with E-state index in [0.717, 1.165) is 35.2 Å². The van der Waals surface area contributed by atoms with Crippen LogP contribution in [-0.2, 0) is 4.74 Å². The molecule has 1 fully saturated rings. The first kappa shape index (κ1) is 17.5. The molecule has 6 nitrogen and oxygen atoms in total. The van der Waals surface area contributed by atoms with Gasteiger partial charge in [-0.15, -0.1) is 0 Å². The predicted molar refractivity (Wildman–Crippen MR) is 101 cm³/mol. The smallest absolute Gasteiger partial charge is 0.282 e. The van der Waals surface area contributed by atoms with Crippen LogP contribution in [0.5, 0.6) is 0 Å². The summed E-state index contributed by atoms with van der Waals surface area (Å²) in [6.45, 7) is 4.89. The monoisotopic (exact) mass is 391 g/mol. The lowest BCUT2D eigenvalue weighted by molar-refractivity contribution is 0.0910. The van der Waals surface area contributed by atoms with Crippen molar-refractivity contribution >= 4 is 44.2 Å². The van der Waals surface area contributed by atoms with Gasteiger partial charge >= 0.3 is 0 Å². The van der Waals surface area contributed by atoms with Crippen molar-refractivity contribution < 1.29 is 14.1 Å². The molecule has 1 unspecified atom stereocenters. The molecule has 1 aliphatic heterocycles. The topological polar surface area (TPSA) is 68.5 Å². The van der Waals surface area contributed by atoms with E-state index in [1.54, 1.807) is 17.9 Å². The SMILES string of the molecule is Cc1cc(C(=O)N(CC2CCCO2)c2nc3c(C)cc(Cl)cc3s2)no1. The Hall–Kier alpha value is -1.96. The second-order valence-electron chi connectivity index (χ2n) is 6.44. The number of nitrogens with zero attached hydrogens (tertiary/aromatic N) is 3. The molecular formula is C18H18ClN3O3S. The second-order valence-corrected chi connectivity index (χ2v) is 7.88. The predicted octanol–water partition coefficient (Wildman–Crippen LogP) is 4.38. The summed E-state index contributed by atoms with van der Waals surface area (Å²) >= 11 is 7.61. The zero-order chi connectivity index (χ0) is 18.3. The number of aromatic nitrogens is 2. The highest BCUT2D eigenvalue weighted by Gasteiger charge is 2.28. The third-order valence-electron chi connectivity index (χ3n) is 4.37. The Morgan fingerprint density at radius 1 is 1.38 bits per heavy atom. The molecule has 1 atom stereocenters. The van der Waals surface area contributed by atoms with Crippen LogP contribution in [0.2, 0.25) is 5.02 Å². The zero-order valence-corrected chi connectivity index (χ0v) is 16.1. The number of carbonyl (C=O) groups is 1. The number of carbonyl (C=O) groups excluding carboxylic acids is 1. The van der Waals surface area contributed by atoms with Crippen LogP contribution < -0.4 is 4.90 Å². The molecule has 0 N–H and O–H groups in total. The molecule has 26 heavy (non-hydrogen) atoms. The highest BCUT2D eigenvalue weighted by molar-refractivity contribution is 7.22. The fourth-order valence-electron chi connectivity index (χ4n) is 3.10. The van der Waals surface area contributed by atoms with Gasteiger partial charge in [0.05, 0.1) is 22.9 Å². The molecule has 0 spiro atoms. The lowest BCUT2D eigenvalue weighted by Crippen LogP contribution is -2.37. The minimum Gasteiger partial charge on any atom is -0.376 e. The van der Waals surface area contributed by atoms with Crippen LogP contribution in [0.25, 0.3) is 10.2 Å². The fraction of sp³-hybridized carbons (Fsp3) is 0.389. The van der Waals surface area contributed by atoms with Crippen LogP contribution in [0.1, 0.15) is 34.7 Å². The summed E-state index contributed by atoms with van der Waals surface area (Å²) in [5.74, 6) is 0.359. The Morgan fingerprint density at radius 2 is 2.23 bits per heavy atom. The van der Waals surface area contributed by atoms with E-state index in [9.17, 15) is 4.79 Å².